The molecular weight excluding hydrogens is 272 g/mol. The van der Waals surface area contributed by atoms with Crippen molar-refractivity contribution < 1.29 is 14.2 Å². The van der Waals surface area contributed by atoms with E-state index < -0.39 is 0 Å². The molecular formula is C12H23BrO3. The van der Waals surface area contributed by atoms with E-state index in [1.165, 1.54) is 0 Å². The number of methoxy groups -OCH3 is 1. The highest BCUT2D eigenvalue weighted by Crippen LogP contribution is 2.39. The molecule has 4 heteroatoms. The van der Waals surface area contributed by atoms with Crippen molar-refractivity contribution in [2.75, 3.05) is 38.9 Å². The van der Waals surface area contributed by atoms with Crippen LogP contribution in [0.4, 0.5) is 0 Å². The van der Waals surface area contributed by atoms with Gasteiger partial charge in [-0.2, -0.15) is 0 Å². The van der Waals surface area contributed by atoms with Crippen LogP contribution in [-0.2, 0) is 14.2 Å². The second kappa shape index (κ2) is 7.64. The summed E-state index contributed by atoms with van der Waals surface area (Å²) in [5.41, 5.74) is 0.279. The van der Waals surface area contributed by atoms with Crippen LogP contribution in [0, 0.1) is 5.41 Å². The van der Waals surface area contributed by atoms with Gasteiger partial charge >= 0.3 is 0 Å². The Morgan fingerprint density at radius 3 is 2.75 bits per heavy atom. The minimum atomic E-state index is 0.279. The molecule has 3 nitrogen and oxygen atoms in total. The highest BCUT2D eigenvalue weighted by Gasteiger charge is 2.40. The molecule has 1 fully saturated rings. The molecule has 16 heavy (non-hydrogen) atoms. The highest BCUT2D eigenvalue weighted by atomic mass is 79.9. The zero-order valence-corrected chi connectivity index (χ0v) is 11.9. The minimum Gasteiger partial charge on any atom is -0.385 e. The van der Waals surface area contributed by atoms with Crippen molar-refractivity contribution in [2.24, 2.45) is 5.41 Å². The Hall–Kier alpha value is 0.360. The largest absolute Gasteiger partial charge is 0.385 e. The van der Waals surface area contributed by atoms with E-state index in [2.05, 4.69) is 22.9 Å². The van der Waals surface area contributed by atoms with Crippen molar-refractivity contribution in [2.45, 2.75) is 32.3 Å². The molecule has 0 saturated carbocycles. The molecule has 1 heterocycles. The summed E-state index contributed by atoms with van der Waals surface area (Å²) in [6.07, 6.45) is 3.53. The Morgan fingerprint density at radius 2 is 2.19 bits per heavy atom. The average Bonchev–Trinajstić information content (AvgIpc) is 2.66. The quantitative estimate of drug-likeness (QED) is 0.509. The normalized spacial score (nSPS) is 29.8. The van der Waals surface area contributed by atoms with Gasteiger partial charge < -0.3 is 14.2 Å². The summed E-state index contributed by atoms with van der Waals surface area (Å²) in [6.45, 7) is 5.45. The number of alkyl halides is 1. The second-order valence-electron chi connectivity index (χ2n) is 4.47. The van der Waals surface area contributed by atoms with Gasteiger partial charge in [0.1, 0.15) is 0 Å². The van der Waals surface area contributed by atoms with E-state index in [0.29, 0.717) is 6.10 Å². The smallest absolute Gasteiger partial charge is 0.0612 e. The maximum absolute atomic E-state index is 5.65. The first-order valence-corrected chi connectivity index (χ1v) is 7.11. The molecule has 2 atom stereocenters. The lowest BCUT2D eigenvalue weighted by molar-refractivity contribution is 0.0404. The Bertz CT molecular complexity index is 189. The van der Waals surface area contributed by atoms with Crippen LogP contribution in [0.2, 0.25) is 0 Å². The Morgan fingerprint density at radius 1 is 1.38 bits per heavy atom. The predicted molar refractivity (Wildman–Crippen MR) is 68.2 cm³/mol. The molecule has 0 amide bonds. The van der Waals surface area contributed by atoms with Crippen LogP contribution in [0.3, 0.4) is 0 Å². The van der Waals surface area contributed by atoms with Gasteiger partial charge in [-0.1, -0.05) is 15.9 Å². The van der Waals surface area contributed by atoms with Crippen LogP contribution in [0.25, 0.3) is 0 Å². The summed E-state index contributed by atoms with van der Waals surface area (Å²) in [7, 11) is 1.72. The zero-order valence-electron chi connectivity index (χ0n) is 10.3. The van der Waals surface area contributed by atoms with E-state index >= 15 is 0 Å². The fourth-order valence-corrected chi connectivity index (χ4v) is 3.09. The average molecular weight is 295 g/mol. The summed E-state index contributed by atoms with van der Waals surface area (Å²) in [6, 6.07) is 0. The van der Waals surface area contributed by atoms with E-state index in [9.17, 15) is 0 Å². The van der Waals surface area contributed by atoms with Crippen molar-refractivity contribution in [1.82, 2.24) is 0 Å². The molecule has 1 rings (SSSR count). The van der Waals surface area contributed by atoms with Crippen molar-refractivity contribution in [3.05, 3.63) is 0 Å². The minimum absolute atomic E-state index is 0.279. The molecule has 0 spiro atoms. The molecule has 1 saturated heterocycles. The summed E-state index contributed by atoms with van der Waals surface area (Å²) < 4.78 is 16.2. The first-order chi connectivity index (χ1) is 7.75. The third-order valence-electron chi connectivity index (χ3n) is 3.48. The predicted octanol–water partition coefficient (Wildman–Crippen LogP) is 2.62. The van der Waals surface area contributed by atoms with Crippen molar-refractivity contribution in [3.8, 4) is 0 Å². The van der Waals surface area contributed by atoms with Gasteiger partial charge in [-0.15, -0.1) is 0 Å². The van der Waals surface area contributed by atoms with Gasteiger partial charge in [0.05, 0.1) is 6.10 Å². The van der Waals surface area contributed by atoms with E-state index in [1.54, 1.807) is 7.11 Å². The van der Waals surface area contributed by atoms with Gasteiger partial charge in [0.25, 0.3) is 0 Å². The lowest BCUT2D eigenvalue weighted by atomic mass is 9.81. The Kier molecular flexibility index (Phi) is 6.89. The third-order valence-corrected chi connectivity index (χ3v) is 4.59. The molecule has 1 aliphatic rings. The summed E-state index contributed by atoms with van der Waals surface area (Å²) >= 11 is 3.61. The number of rotatable bonds is 8. The number of hydrogen-bond donors (Lipinski definition) is 0. The maximum Gasteiger partial charge on any atom is 0.0612 e. The van der Waals surface area contributed by atoms with Crippen LogP contribution in [0.1, 0.15) is 26.2 Å². The van der Waals surface area contributed by atoms with Gasteiger partial charge in [0.2, 0.25) is 0 Å². The van der Waals surface area contributed by atoms with E-state index in [-0.39, 0.29) is 5.41 Å². The van der Waals surface area contributed by atoms with E-state index in [0.717, 1.165) is 51.0 Å². The van der Waals surface area contributed by atoms with Gasteiger partial charge in [0, 0.05) is 44.3 Å². The monoisotopic (exact) mass is 294 g/mol. The van der Waals surface area contributed by atoms with Crippen LogP contribution >= 0.6 is 15.9 Å². The molecule has 1 aliphatic heterocycles. The molecule has 0 aromatic heterocycles. The second-order valence-corrected chi connectivity index (χ2v) is 5.03. The Labute approximate surface area is 107 Å². The van der Waals surface area contributed by atoms with Gasteiger partial charge in [0.15, 0.2) is 0 Å². The summed E-state index contributed by atoms with van der Waals surface area (Å²) in [5.74, 6) is 0. The van der Waals surface area contributed by atoms with E-state index in [4.69, 9.17) is 14.2 Å². The first kappa shape index (κ1) is 14.4. The molecule has 0 bridgehead atoms. The summed E-state index contributed by atoms with van der Waals surface area (Å²) in [4.78, 5) is 0. The fraction of sp³-hybridized carbons (Fsp3) is 1.00. The fourth-order valence-electron chi connectivity index (χ4n) is 2.07. The molecule has 0 aromatic carbocycles. The first-order valence-electron chi connectivity index (χ1n) is 5.99. The Balaban J connectivity index is 2.14. The van der Waals surface area contributed by atoms with E-state index in [1.807, 2.05) is 0 Å². The van der Waals surface area contributed by atoms with Gasteiger partial charge in [-0.3, -0.25) is 0 Å². The molecule has 0 radical (unpaired) electrons. The van der Waals surface area contributed by atoms with Crippen molar-refractivity contribution in [1.29, 1.82) is 0 Å². The molecule has 2 unspecified atom stereocenters. The number of halogens is 1. The third kappa shape index (κ3) is 3.99. The standard InChI is InChI=1S/C12H23BrO3/c1-11-12(10-13,5-9-16-11)4-8-15-7-3-6-14-2/h11H,3-10H2,1-2H3. The van der Waals surface area contributed by atoms with Crippen LogP contribution < -0.4 is 0 Å². The van der Waals surface area contributed by atoms with Crippen LogP contribution in [0.5, 0.6) is 0 Å². The van der Waals surface area contributed by atoms with Crippen LogP contribution in [0.15, 0.2) is 0 Å². The molecule has 0 aliphatic carbocycles. The number of hydrogen-bond acceptors (Lipinski definition) is 3. The topological polar surface area (TPSA) is 27.7 Å². The van der Waals surface area contributed by atoms with Gasteiger partial charge in [-0.05, 0) is 26.2 Å². The van der Waals surface area contributed by atoms with Crippen molar-refractivity contribution in [3.63, 3.8) is 0 Å². The van der Waals surface area contributed by atoms with Crippen LogP contribution in [-0.4, -0.2) is 45.0 Å². The highest BCUT2D eigenvalue weighted by molar-refractivity contribution is 9.09. The zero-order chi connectivity index (χ0) is 11.9. The SMILES string of the molecule is COCCCOCCC1(CBr)CCOC1C. The van der Waals surface area contributed by atoms with Crippen molar-refractivity contribution >= 4 is 15.9 Å². The molecule has 0 N–H and O–H groups in total. The lowest BCUT2D eigenvalue weighted by Crippen LogP contribution is -2.32. The number of ether oxygens (including phenoxy) is 3. The summed E-state index contributed by atoms with van der Waals surface area (Å²) in [5, 5.41) is 1.00. The maximum atomic E-state index is 5.65. The molecule has 96 valence electrons. The van der Waals surface area contributed by atoms with Gasteiger partial charge in [-0.25, -0.2) is 0 Å². The molecule has 0 aromatic rings. The lowest BCUT2D eigenvalue weighted by Gasteiger charge is -2.29.